The van der Waals surface area contributed by atoms with Crippen LogP contribution in [0.5, 0.6) is 5.75 Å². The minimum atomic E-state index is -1.11. The second kappa shape index (κ2) is 11.5. The summed E-state index contributed by atoms with van der Waals surface area (Å²) in [6.07, 6.45) is -1.03. The van der Waals surface area contributed by atoms with Gasteiger partial charge in [-0.15, -0.1) is 0 Å². The highest BCUT2D eigenvalue weighted by molar-refractivity contribution is 5.97. The van der Waals surface area contributed by atoms with Crippen LogP contribution in [0.3, 0.4) is 0 Å². The van der Waals surface area contributed by atoms with Gasteiger partial charge in [-0.25, -0.2) is 9.59 Å². The Morgan fingerprint density at radius 1 is 0.973 bits per heavy atom. The van der Waals surface area contributed by atoms with Crippen LogP contribution in [-0.4, -0.2) is 67.2 Å². The lowest BCUT2D eigenvalue weighted by Gasteiger charge is -2.27. The van der Waals surface area contributed by atoms with Crippen LogP contribution in [0.25, 0.3) is 0 Å². The largest absolute Gasteiger partial charge is 0.487 e. The first-order valence-corrected chi connectivity index (χ1v) is 12.0. The van der Waals surface area contributed by atoms with Crippen LogP contribution in [0, 0.1) is 12.8 Å². The van der Waals surface area contributed by atoms with E-state index in [9.17, 15) is 19.2 Å². The van der Waals surface area contributed by atoms with Gasteiger partial charge in [0.15, 0.2) is 0 Å². The van der Waals surface area contributed by atoms with Crippen LogP contribution in [-0.2, 0) is 23.8 Å². The van der Waals surface area contributed by atoms with Crippen molar-refractivity contribution in [2.45, 2.75) is 51.9 Å². The number of esters is 3. The van der Waals surface area contributed by atoms with Gasteiger partial charge in [0.1, 0.15) is 29.1 Å². The van der Waals surface area contributed by atoms with Crippen LogP contribution in [0.15, 0.2) is 48.5 Å². The quantitative estimate of drug-likeness (QED) is 0.410. The average Bonchev–Trinajstić information content (AvgIpc) is 3.20. The standard InChI is InChI=1S/C28H33NO8/c1-17-12-13-21(20(14-17)26(32)34-5)36-22-16-29(25(31)18-10-8-7-9-11-18)24(27(33)35-6)19(22)15-23(30)37-28(2,3)4/h7-14,19,22,24H,15-16H2,1-6H3/t19-,22?,24-/m0/s1. The molecule has 0 aliphatic carbocycles. The molecule has 2 aromatic carbocycles. The van der Waals surface area contributed by atoms with Gasteiger partial charge in [0, 0.05) is 11.5 Å². The Kier molecular flexibility index (Phi) is 8.57. The van der Waals surface area contributed by atoms with Gasteiger partial charge in [-0.1, -0.05) is 29.8 Å². The van der Waals surface area contributed by atoms with Gasteiger partial charge in [0.2, 0.25) is 0 Å². The number of hydrogen-bond acceptors (Lipinski definition) is 8. The van der Waals surface area contributed by atoms with Gasteiger partial charge < -0.3 is 23.8 Å². The number of carbonyl (C=O) groups excluding carboxylic acids is 4. The Labute approximate surface area is 216 Å². The van der Waals surface area contributed by atoms with Crippen LogP contribution in [0.2, 0.25) is 0 Å². The van der Waals surface area contributed by atoms with Gasteiger partial charge >= 0.3 is 17.9 Å². The number of aryl methyl sites for hydroxylation is 1. The third kappa shape index (κ3) is 6.67. The van der Waals surface area contributed by atoms with Crippen molar-refractivity contribution >= 4 is 23.8 Å². The molecule has 1 fully saturated rings. The Morgan fingerprint density at radius 2 is 1.65 bits per heavy atom. The normalized spacial score (nSPS) is 19.2. The van der Waals surface area contributed by atoms with Gasteiger partial charge in [-0.2, -0.15) is 0 Å². The van der Waals surface area contributed by atoms with E-state index < -0.39 is 47.5 Å². The lowest BCUT2D eigenvalue weighted by molar-refractivity contribution is -0.157. The predicted octanol–water partition coefficient (Wildman–Crippen LogP) is 3.57. The molecule has 3 rings (SSSR count). The van der Waals surface area contributed by atoms with Crippen LogP contribution < -0.4 is 4.74 Å². The van der Waals surface area contributed by atoms with Gasteiger partial charge in [0.25, 0.3) is 5.91 Å². The highest BCUT2D eigenvalue weighted by atomic mass is 16.6. The van der Waals surface area contributed by atoms with E-state index in [1.807, 2.05) is 6.92 Å². The fourth-order valence-electron chi connectivity index (χ4n) is 4.38. The Balaban J connectivity index is 2.04. The molecule has 0 spiro atoms. The lowest BCUT2D eigenvalue weighted by atomic mass is 9.93. The molecule has 2 aromatic rings. The smallest absolute Gasteiger partial charge is 0.341 e. The van der Waals surface area contributed by atoms with Crippen molar-refractivity contribution in [3.63, 3.8) is 0 Å². The first-order valence-electron chi connectivity index (χ1n) is 12.0. The molecule has 0 saturated carbocycles. The van der Waals surface area contributed by atoms with E-state index >= 15 is 0 Å². The van der Waals surface area contributed by atoms with E-state index in [2.05, 4.69) is 0 Å². The van der Waals surface area contributed by atoms with Crippen LogP contribution in [0.4, 0.5) is 0 Å². The first-order chi connectivity index (χ1) is 17.4. The molecule has 1 aliphatic heterocycles. The summed E-state index contributed by atoms with van der Waals surface area (Å²) in [6.45, 7) is 7.03. The molecular weight excluding hydrogens is 478 g/mol. The molecular formula is C28H33NO8. The zero-order valence-corrected chi connectivity index (χ0v) is 22.0. The summed E-state index contributed by atoms with van der Waals surface area (Å²) in [6, 6.07) is 12.4. The molecule has 1 amide bonds. The highest BCUT2D eigenvalue weighted by Gasteiger charge is 2.51. The number of ether oxygens (including phenoxy) is 4. The van der Waals surface area contributed by atoms with Crippen LogP contribution >= 0.6 is 0 Å². The summed E-state index contributed by atoms with van der Waals surface area (Å²) in [5, 5.41) is 0. The summed E-state index contributed by atoms with van der Waals surface area (Å²) < 4.78 is 21.7. The number of nitrogens with zero attached hydrogens (tertiary/aromatic N) is 1. The van der Waals surface area contributed by atoms with Gasteiger partial charge in [-0.3, -0.25) is 9.59 Å². The maximum atomic E-state index is 13.5. The highest BCUT2D eigenvalue weighted by Crippen LogP contribution is 2.35. The second-order valence-corrected chi connectivity index (χ2v) is 9.89. The molecule has 0 aromatic heterocycles. The summed E-state index contributed by atoms with van der Waals surface area (Å²) >= 11 is 0. The molecule has 1 heterocycles. The molecule has 3 atom stereocenters. The molecule has 1 unspecified atom stereocenters. The molecule has 0 bridgehead atoms. The van der Waals surface area contributed by atoms with Crippen molar-refractivity contribution < 1.29 is 38.1 Å². The fourth-order valence-corrected chi connectivity index (χ4v) is 4.38. The average molecular weight is 512 g/mol. The lowest BCUT2D eigenvalue weighted by Crippen LogP contribution is -2.44. The maximum absolute atomic E-state index is 13.5. The monoisotopic (exact) mass is 511 g/mol. The fraction of sp³-hybridized carbons (Fsp3) is 0.429. The number of amides is 1. The summed E-state index contributed by atoms with van der Waals surface area (Å²) in [5.41, 5.74) is 0.638. The Morgan fingerprint density at radius 3 is 2.24 bits per heavy atom. The summed E-state index contributed by atoms with van der Waals surface area (Å²) in [7, 11) is 2.49. The van der Waals surface area contributed by atoms with Crippen molar-refractivity contribution in [3.8, 4) is 5.75 Å². The minimum absolute atomic E-state index is 0.0184. The summed E-state index contributed by atoms with van der Waals surface area (Å²) in [4.78, 5) is 53.1. The van der Waals surface area contributed by atoms with E-state index in [0.29, 0.717) is 5.56 Å². The number of benzene rings is 2. The van der Waals surface area contributed by atoms with E-state index in [1.165, 1.54) is 19.1 Å². The molecule has 9 nitrogen and oxygen atoms in total. The number of carbonyl (C=O) groups is 4. The Bertz CT molecular complexity index is 1150. The first kappa shape index (κ1) is 27.7. The van der Waals surface area contributed by atoms with Gasteiger partial charge in [-0.05, 0) is 52.0 Å². The number of likely N-dealkylation sites (tertiary alicyclic amines) is 1. The van der Waals surface area contributed by atoms with E-state index in [-0.39, 0.29) is 24.3 Å². The Hall–Kier alpha value is -3.88. The van der Waals surface area contributed by atoms with Crippen LogP contribution in [0.1, 0.15) is 53.5 Å². The third-order valence-corrected chi connectivity index (χ3v) is 5.96. The molecule has 9 heteroatoms. The zero-order chi connectivity index (χ0) is 27.3. The van der Waals surface area contributed by atoms with Crippen molar-refractivity contribution in [1.82, 2.24) is 4.90 Å². The van der Waals surface area contributed by atoms with E-state index in [4.69, 9.17) is 18.9 Å². The second-order valence-electron chi connectivity index (χ2n) is 9.89. The molecule has 0 N–H and O–H groups in total. The summed E-state index contributed by atoms with van der Waals surface area (Å²) in [5.74, 6) is -2.82. The molecule has 1 aliphatic rings. The molecule has 198 valence electrons. The molecule has 0 radical (unpaired) electrons. The SMILES string of the molecule is COC(=O)c1cc(C)ccc1OC1CN(C(=O)c2ccccc2)[C@H](C(=O)OC)[C@H]1CC(=O)OC(C)(C)C. The number of rotatable bonds is 7. The molecule has 1 saturated heterocycles. The van der Waals surface area contributed by atoms with Crippen molar-refractivity contribution in [3.05, 3.63) is 65.2 Å². The topological polar surface area (TPSA) is 108 Å². The van der Waals surface area contributed by atoms with E-state index in [1.54, 1.807) is 69.3 Å². The number of methoxy groups -OCH3 is 2. The van der Waals surface area contributed by atoms with Crippen molar-refractivity contribution in [2.75, 3.05) is 20.8 Å². The van der Waals surface area contributed by atoms with E-state index in [0.717, 1.165) is 5.56 Å². The molecule has 37 heavy (non-hydrogen) atoms. The number of hydrogen-bond donors (Lipinski definition) is 0. The third-order valence-electron chi connectivity index (χ3n) is 5.96. The van der Waals surface area contributed by atoms with Crippen molar-refractivity contribution in [1.29, 1.82) is 0 Å². The minimum Gasteiger partial charge on any atom is -0.487 e. The van der Waals surface area contributed by atoms with Crippen molar-refractivity contribution in [2.24, 2.45) is 5.92 Å². The predicted molar refractivity (Wildman–Crippen MR) is 134 cm³/mol. The zero-order valence-electron chi connectivity index (χ0n) is 22.0. The van der Waals surface area contributed by atoms with Gasteiger partial charge in [0.05, 0.1) is 27.2 Å². The maximum Gasteiger partial charge on any atom is 0.341 e.